The lowest BCUT2D eigenvalue weighted by Gasteiger charge is -2.30. The molecule has 0 bridgehead atoms. The number of nitrogens with zero attached hydrogens (tertiary/aromatic N) is 1. The largest absolute Gasteiger partial charge is 0.490 e. The number of fused-ring (bicyclic) bond motifs is 1. The summed E-state index contributed by atoms with van der Waals surface area (Å²) in [7, 11) is 0. The molecule has 8 heteroatoms. The van der Waals surface area contributed by atoms with Gasteiger partial charge in [0.1, 0.15) is 5.00 Å². The van der Waals surface area contributed by atoms with Crippen LogP contribution in [0.15, 0.2) is 29.6 Å². The quantitative estimate of drug-likeness (QED) is 0.782. The number of amides is 2. The average Bonchev–Trinajstić information content (AvgIpc) is 3.32. The van der Waals surface area contributed by atoms with Crippen molar-refractivity contribution in [2.75, 3.05) is 25.1 Å². The number of nitrogens with one attached hydrogen (secondary N) is 1. The summed E-state index contributed by atoms with van der Waals surface area (Å²) in [5.41, 5.74) is 6.85. The maximum atomic E-state index is 12.9. The Balaban J connectivity index is 1.50. The van der Waals surface area contributed by atoms with Gasteiger partial charge in [0.15, 0.2) is 11.5 Å². The molecule has 4 rings (SSSR count). The molecule has 0 radical (unpaired) electrons. The first-order valence-electron chi connectivity index (χ1n) is 9.88. The van der Waals surface area contributed by atoms with Crippen molar-refractivity contribution in [2.45, 2.75) is 38.3 Å². The summed E-state index contributed by atoms with van der Waals surface area (Å²) < 4.78 is 11.6. The highest BCUT2D eigenvalue weighted by Crippen LogP contribution is 2.39. The van der Waals surface area contributed by atoms with Gasteiger partial charge in [0.05, 0.1) is 24.8 Å². The molecule has 3 N–H and O–H groups in total. The van der Waals surface area contributed by atoms with Crippen LogP contribution in [-0.4, -0.2) is 42.5 Å². The summed E-state index contributed by atoms with van der Waals surface area (Å²) in [4.78, 5) is 26.6. The number of hydrogen-bond acceptors (Lipinski definition) is 6. The number of hydrogen-bond donors (Lipinski definition) is 2. The second-order valence-electron chi connectivity index (χ2n) is 7.35. The molecule has 7 nitrogen and oxygen atoms in total. The number of nitrogens with two attached hydrogens (primary N) is 1. The molecule has 1 aromatic carbocycles. The van der Waals surface area contributed by atoms with E-state index in [1.54, 1.807) is 11.4 Å². The van der Waals surface area contributed by atoms with E-state index in [-0.39, 0.29) is 18.0 Å². The lowest BCUT2D eigenvalue weighted by Crippen LogP contribution is -2.41. The summed E-state index contributed by atoms with van der Waals surface area (Å²) in [6, 6.07) is 7.48. The van der Waals surface area contributed by atoms with Crippen molar-refractivity contribution in [1.82, 2.24) is 4.90 Å². The molecule has 0 unspecified atom stereocenters. The van der Waals surface area contributed by atoms with Crippen LogP contribution in [0.2, 0.25) is 0 Å². The Labute approximate surface area is 173 Å². The second-order valence-corrected chi connectivity index (χ2v) is 8.26. The Morgan fingerprint density at radius 3 is 2.79 bits per heavy atom. The van der Waals surface area contributed by atoms with E-state index in [0.717, 1.165) is 42.9 Å². The van der Waals surface area contributed by atoms with Gasteiger partial charge in [-0.05, 0) is 55.5 Å². The molecule has 0 spiro atoms. The molecule has 2 aliphatic heterocycles. The van der Waals surface area contributed by atoms with Gasteiger partial charge in [0.2, 0.25) is 5.91 Å². The van der Waals surface area contributed by atoms with Crippen LogP contribution in [-0.2, 0) is 4.79 Å². The van der Waals surface area contributed by atoms with Crippen molar-refractivity contribution in [3.63, 3.8) is 0 Å². The normalized spacial score (nSPS) is 20.1. The van der Waals surface area contributed by atoms with Crippen LogP contribution >= 0.6 is 11.3 Å². The summed E-state index contributed by atoms with van der Waals surface area (Å²) in [5.74, 6) is 0.864. The van der Waals surface area contributed by atoms with Crippen LogP contribution in [0, 0.1) is 0 Å². The number of carbonyl (C=O) groups is 2. The lowest BCUT2D eigenvalue weighted by atomic mass is 10.0. The fraction of sp³-hybridized carbons (Fsp3) is 0.429. The third-order valence-corrected chi connectivity index (χ3v) is 6.32. The molecule has 2 amide bonds. The van der Waals surface area contributed by atoms with Gasteiger partial charge >= 0.3 is 0 Å². The van der Waals surface area contributed by atoms with E-state index in [4.69, 9.17) is 15.2 Å². The molecular formula is C21H25N3O4S. The first kappa shape index (κ1) is 19.7. The van der Waals surface area contributed by atoms with E-state index in [1.807, 2.05) is 19.1 Å². The van der Waals surface area contributed by atoms with Crippen LogP contribution in [0.5, 0.6) is 11.5 Å². The van der Waals surface area contributed by atoms with Crippen LogP contribution in [0.3, 0.4) is 0 Å². The van der Waals surface area contributed by atoms with Crippen LogP contribution in [0.25, 0.3) is 0 Å². The van der Waals surface area contributed by atoms with Gasteiger partial charge in [-0.15, -0.1) is 11.3 Å². The Morgan fingerprint density at radius 2 is 2.00 bits per heavy atom. The van der Waals surface area contributed by atoms with Crippen molar-refractivity contribution in [3.05, 3.63) is 40.8 Å². The van der Waals surface area contributed by atoms with Crippen molar-refractivity contribution >= 4 is 28.2 Å². The summed E-state index contributed by atoms with van der Waals surface area (Å²) in [6.07, 6.45) is 2.86. The fourth-order valence-electron chi connectivity index (χ4n) is 3.96. The van der Waals surface area contributed by atoms with E-state index in [0.29, 0.717) is 23.8 Å². The Kier molecular flexibility index (Phi) is 5.73. The number of carbonyl (C=O) groups excluding carboxylic acids is 2. The predicted octanol–water partition coefficient (Wildman–Crippen LogP) is 3.17. The molecule has 154 valence electrons. The van der Waals surface area contributed by atoms with Crippen molar-refractivity contribution in [1.29, 1.82) is 0 Å². The first-order chi connectivity index (χ1) is 14.0. The molecule has 2 aromatic rings. The van der Waals surface area contributed by atoms with Gasteiger partial charge in [-0.1, -0.05) is 6.07 Å². The Morgan fingerprint density at radius 1 is 1.21 bits per heavy atom. The number of likely N-dealkylation sites (tertiary alicyclic amines) is 1. The fourth-order valence-corrected chi connectivity index (χ4v) is 4.76. The summed E-state index contributed by atoms with van der Waals surface area (Å²) in [6.45, 7) is 4.04. The zero-order valence-electron chi connectivity index (χ0n) is 16.3. The minimum atomic E-state index is -0.541. The first-order valence-corrected chi connectivity index (χ1v) is 10.8. The average molecular weight is 416 g/mol. The zero-order chi connectivity index (χ0) is 20.4. The molecule has 1 fully saturated rings. The van der Waals surface area contributed by atoms with Gasteiger partial charge in [0, 0.05) is 12.5 Å². The summed E-state index contributed by atoms with van der Waals surface area (Å²) >= 11 is 1.30. The van der Waals surface area contributed by atoms with Gasteiger partial charge < -0.3 is 20.5 Å². The predicted molar refractivity (Wildman–Crippen MR) is 112 cm³/mol. The monoisotopic (exact) mass is 415 g/mol. The van der Waals surface area contributed by atoms with E-state index in [9.17, 15) is 9.59 Å². The minimum absolute atomic E-state index is 0.131. The van der Waals surface area contributed by atoms with Crippen molar-refractivity contribution in [3.8, 4) is 11.5 Å². The van der Waals surface area contributed by atoms with E-state index in [1.165, 1.54) is 11.3 Å². The Bertz CT molecular complexity index is 913. The van der Waals surface area contributed by atoms with E-state index in [2.05, 4.69) is 16.3 Å². The van der Waals surface area contributed by atoms with Crippen molar-refractivity contribution < 1.29 is 19.1 Å². The minimum Gasteiger partial charge on any atom is -0.490 e. The smallest absolute Gasteiger partial charge is 0.251 e. The van der Waals surface area contributed by atoms with Gasteiger partial charge in [-0.25, -0.2) is 0 Å². The van der Waals surface area contributed by atoms with Crippen LogP contribution < -0.4 is 20.5 Å². The molecule has 2 aliphatic rings. The third kappa shape index (κ3) is 4.09. The Hall–Kier alpha value is -2.58. The highest BCUT2D eigenvalue weighted by Gasteiger charge is 2.34. The molecule has 2 atom stereocenters. The zero-order valence-corrected chi connectivity index (χ0v) is 17.2. The van der Waals surface area contributed by atoms with Gasteiger partial charge in [0.25, 0.3) is 5.91 Å². The van der Waals surface area contributed by atoms with E-state index >= 15 is 0 Å². The number of benzene rings is 1. The number of anilines is 1. The van der Waals surface area contributed by atoms with Gasteiger partial charge in [-0.3, -0.25) is 14.5 Å². The summed E-state index contributed by atoms with van der Waals surface area (Å²) in [5, 5.41) is 5.12. The number of rotatable bonds is 5. The molecule has 1 aromatic heterocycles. The lowest BCUT2D eigenvalue weighted by molar-refractivity contribution is -0.121. The highest BCUT2D eigenvalue weighted by molar-refractivity contribution is 7.14. The molecular weight excluding hydrogens is 390 g/mol. The number of ether oxygens (including phenoxy) is 2. The molecule has 0 aliphatic carbocycles. The topological polar surface area (TPSA) is 93.9 Å². The van der Waals surface area contributed by atoms with Crippen LogP contribution in [0.1, 0.15) is 48.1 Å². The standard InChI is InChI=1S/C21H25N3O4S/c1-13(20(26)23-21-15(19(22)25)7-11-29-21)24-8-2-4-16(24)14-5-6-17-18(12-14)28-10-3-9-27-17/h5-7,11-13,16H,2-4,8-10H2,1H3,(H2,22,25)(H,23,26)/t13-,16+/m0/s1. The van der Waals surface area contributed by atoms with Crippen molar-refractivity contribution in [2.24, 2.45) is 5.73 Å². The number of primary amides is 1. The number of thiophene rings is 1. The molecule has 0 saturated carbocycles. The third-order valence-electron chi connectivity index (χ3n) is 5.49. The highest BCUT2D eigenvalue weighted by atomic mass is 32.1. The second kappa shape index (κ2) is 8.42. The van der Waals surface area contributed by atoms with E-state index < -0.39 is 5.91 Å². The maximum Gasteiger partial charge on any atom is 0.251 e. The SMILES string of the molecule is C[C@@H](C(=O)Nc1sccc1C(N)=O)N1CCC[C@@H]1c1ccc2c(c1)OCCCO2. The maximum absolute atomic E-state index is 12.9. The molecule has 29 heavy (non-hydrogen) atoms. The van der Waals surface area contributed by atoms with Crippen LogP contribution in [0.4, 0.5) is 5.00 Å². The molecule has 1 saturated heterocycles. The molecule has 3 heterocycles. The van der Waals surface area contributed by atoms with Gasteiger partial charge in [-0.2, -0.15) is 0 Å².